The van der Waals surface area contributed by atoms with Crippen LogP contribution in [-0.4, -0.2) is 22.2 Å². The van der Waals surface area contributed by atoms with Crippen molar-refractivity contribution in [3.05, 3.63) is 36.0 Å². The molecule has 146 valence electrons. The van der Waals surface area contributed by atoms with Gasteiger partial charge in [-0.2, -0.15) is 13.2 Å². The molecular weight excluding hydrogens is 359 g/mol. The lowest BCUT2D eigenvalue weighted by molar-refractivity contribution is -0.144. The summed E-state index contributed by atoms with van der Waals surface area (Å²) in [6.45, 7) is 1.86. The monoisotopic (exact) mass is 381 g/mol. The first kappa shape index (κ1) is 19.5. The van der Waals surface area contributed by atoms with Crippen LogP contribution in [0.1, 0.15) is 44.7 Å². The largest absolute Gasteiger partial charge is 0.490 e. The van der Waals surface area contributed by atoms with Crippen molar-refractivity contribution in [3.8, 4) is 5.75 Å². The van der Waals surface area contributed by atoms with Crippen molar-refractivity contribution in [2.24, 2.45) is 11.8 Å². The average molecular weight is 381 g/mol. The average Bonchev–Trinajstić information content (AvgIpc) is 2.62. The van der Waals surface area contributed by atoms with E-state index in [0.717, 1.165) is 6.07 Å². The number of para-hydroxylation sites is 1. The molecule has 2 aromatic rings. The molecule has 1 fully saturated rings. The quantitative estimate of drug-likeness (QED) is 0.763. The zero-order chi connectivity index (χ0) is 19.6. The van der Waals surface area contributed by atoms with Gasteiger partial charge in [0.15, 0.2) is 0 Å². The Morgan fingerprint density at radius 2 is 1.93 bits per heavy atom. The van der Waals surface area contributed by atoms with Crippen molar-refractivity contribution < 1.29 is 27.8 Å². The Hall–Kier alpha value is -2.31. The summed E-state index contributed by atoms with van der Waals surface area (Å²) in [6, 6.07) is 7.57. The minimum Gasteiger partial charge on any atom is -0.490 e. The summed E-state index contributed by atoms with van der Waals surface area (Å²) in [5, 5.41) is 9.85. The maximum Gasteiger partial charge on any atom is 0.433 e. The number of pyridine rings is 1. The van der Waals surface area contributed by atoms with E-state index in [1.807, 2.05) is 6.92 Å². The van der Waals surface area contributed by atoms with E-state index in [1.54, 1.807) is 18.2 Å². The highest BCUT2D eigenvalue weighted by Gasteiger charge is 2.35. The second kappa shape index (κ2) is 7.74. The van der Waals surface area contributed by atoms with Crippen LogP contribution in [0.3, 0.4) is 0 Å². The van der Waals surface area contributed by atoms with Crippen LogP contribution in [0.25, 0.3) is 10.9 Å². The van der Waals surface area contributed by atoms with Crippen LogP contribution in [0.4, 0.5) is 13.2 Å². The third-order valence-electron chi connectivity index (χ3n) is 5.31. The highest BCUT2D eigenvalue weighted by Crippen LogP contribution is 2.37. The minimum absolute atomic E-state index is 0.0901. The summed E-state index contributed by atoms with van der Waals surface area (Å²) < 4.78 is 45.4. The number of carboxylic acid groups (broad SMARTS) is 1. The molecule has 4 nitrogen and oxygen atoms in total. The number of hydrogen-bond acceptors (Lipinski definition) is 3. The van der Waals surface area contributed by atoms with Gasteiger partial charge in [-0.3, -0.25) is 4.79 Å². The molecule has 1 saturated carbocycles. The lowest BCUT2D eigenvalue weighted by atomic mass is 9.78. The standard InChI is InChI=1S/C20H22F3NO3/c1-2-14(19(25)26)12-7-9-13(10-8-12)27-17-11-18(20(21,22)23)24-16-6-4-3-5-15(16)17/h3-6,11-14H,2,7-10H2,1H3,(H,25,26). The summed E-state index contributed by atoms with van der Waals surface area (Å²) >= 11 is 0. The van der Waals surface area contributed by atoms with E-state index in [4.69, 9.17) is 4.74 Å². The Bertz CT molecular complexity index is 814. The molecule has 1 aromatic heterocycles. The molecular formula is C20H22F3NO3. The Balaban J connectivity index is 1.78. The first-order chi connectivity index (χ1) is 12.8. The van der Waals surface area contributed by atoms with Crippen molar-refractivity contribution in [1.82, 2.24) is 4.98 Å². The van der Waals surface area contributed by atoms with Gasteiger partial charge in [-0.1, -0.05) is 19.1 Å². The number of alkyl halides is 3. The van der Waals surface area contributed by atoms with Crippen LogP contribution in [-0.2, 0) is 11.0 Å². The smallest absolute Gasteiger partial charge is 0.433 e. The Kier molecular flexibility index (Phi) is 5.58. The number of nitrogens with zero attached hydrogens (tertiary/aromatic N) is 1. The fourth-order valence-electron chi connectivity index (χ4n) is 3.88. The van der Waals surface area contributed by atoms with Crippen LogP contribution >= 0.6 is 0 Å². The number of ether oxygens (including phenoxy) is 1. The highest BCUT2D eigenvalue weighted by molar-refractivity contribution is 5.85. The number of benzene rings is 1. The summed E-state index contributed by atoms with van der Waals surface area (Å²) in [5.41, 5.74) is -0.727. The zero-order valence-corrected chi connectivity index (χ0v) is 15.0. The Labute approximate surface area is 155 Å². The minimum atomic E-state index is -4.55. The molecule has 1 unspecified atom stereocenters. The lowest BCUT2D eigenvalue weighted by Gasteiger charge is -2.32. The molecule has 1 aliphatic rings. The molecule has 0 amide bonds. The number of carboxylic acids is 1. The number of fused-ring (bicyclic) bond motifs is 1. The van der Waals surface area contributed by atoms with Crippen LogP contribution in [0.5, 0.6) is 5.75 Å². The number of hydrogen-bond donors (Lipinski definition) is 1. The van der Waals surface area contributed by atoms with Gasteiger partial charge in [-0.15, -0.1) is 0 Å². The van der Waals surface area contributed by atoms with E-state index in [1.165, 1.54) is 6.07 Å². The Morgan fingerprint density at radius 3 is 2.52 bits per heavy atom. The van der Waals surface area contributed by atoms with E-state index < -0.39 is 17.8 Å². The van der Waals surface area contributed by atoms with E-state index in [-0.39, 0.29) is 29.2 Å². The number of carbonyl (C=O) groups is 1. The third kappa shape index (κ3) is 4.34. The van der Waals surface area contributed by atoms with E-state index >= 15 is 0 Å². The zero-order valence-electron chi connectivity index (χ0n) is 15.0. The molecule has 7 heteroatoms. The summed E-state index contributed by atoms with van der Waals surface area (Å²) in [7, 11) is 0. The van der Waals surface area contributed by atoms with Crippen LogP contribution < -0.4 is 4.74 Å². The van der Waals surface area contributed by atoms with Crippen molar-refractivity contribution in [2.75, 3.05) is 0 Å². The summed E-state index contributed by atoms with van der Waals surface area (Å²) in [4.78, 5) is 15.0. The van der Waals surface area contributed by atoms with Crippen molar-refractivity contribution >= 4 is 16.9 Å². The first-order valence-electron chi connectivity index (χ1n) is 9.16. The second-order valence-electron chi connectivity index (χ2n) is 7.03. The number of aromatic nitrogens is 1. The van der Waals surface area contributed by atoms with Crippen LogP contribution in [0, 0.1) is 11.8 Å². The van der Waals surface area contributed by atoms with Gasteiger partial charge in [-0.05, 0) is 50.2 Å². The number of rotatable bonds is 5. The molecule has 0 saturated heterocycles. The number of aliphatic carboxylic acids is 1. The molecule has 0 aliphatic heterocycles. The van der Waals surface area contributed by atoms with Gasteiger partial charge < -0.3 is 9.84 Å². The van der Waals surface area contributed by atoms with Crippen molar-refractivity contribution in [1.29, 1.82) is 0 Å². The predicted octanol–water partition coefficient (Wildman–Crippen LogP) is 5.30. The molecule has 0 bridgehead atoms. The summed E-state index contributed by atoms with van der Waals surface area (Å²) in [5.74, 6) is -0.879. The van der Waals surface area contributed by atoms with Gasteiger partial charge in [0.25, 0.3) is 0 Å². The molecule has 3 rings (SSSR count). The molecule has 0 spiro atoms. The van der Waals surface area contributed by atoms with Crippen molar-refractivity contribution in [3.63, 3.8) is 0 Å². The van der Waals surface area contributed by atoms with E-state index in [0.29, 0.717) is 37.5 Å². The van der Waals surface area contributed by atoms with E-state index in [2.05, 4.69) is 4.98 Å². The van der Waals surface area contributed by atoms with Gasteiger partial charge in [0, 0.05) is 11.5 Å². The van der Waals surface area contributed by atoms with Gasteiger partial charge in [0.1, 0.15) is 11.4 Å². The predicted molar refractivity (Wildman–Crippen MR) is 94.5 cm³/mol. The van der Waals surface area contributed by atoms with Gasteiger partial charge in [0.05, 0.1) is 17.5 Å². The molecule has 27 heavy (non-hydrogen) atoms. The normalized spacial score (nSPS) is 21.8. The SMILES string of the molecule is CCC(C(=O)O)C1CCC(Oc2cc(C(F)(F)F)nc3ccccc23)CC1. The number of halogens is 3. The van der Waals surface area contributed by atoms with Crippen LogP contribution in [0.15, 0.2) is 30.3 Å². The fourth-order valence-corrected chi connectivity index (χ4v) is 3.88. The summed E-state index contributed by atoms with van der Waals surface area (Å²) in [6.07, 6.45) is -1.53. The topological polar surface area (TPSA) is 59.4 Å². The van der Waals surface area contributed by atoms with Crippen LogP contribution in [0.2, 0.25) is 0 Å². The fraction of sp³-hybridized carbons (Fsp3) is 0.500. The maximum absolute atomic E-state index is 13.2. The molecule has 0 radical (unpaired) electrons. The third-order valence-corrected chi connectivity index (χ3v) is 5.31. The first-order valence-corrected chi connectivity index (χ1v) is 9.16. The van der Waals surface area contributed by atoms with E-state index in [9.17, 15) is 23.1 Å². The maximum atomic E-state index is 13.2. The van der Waals surface area contributed by atoms with Gasteiger partial charge in [0.2, 0.25) is 0 Å². The molecule has 1 aromatic carbocycles. The highest BCUT2D eigenvalue weighted by atomic mass is 19.4. The molecule has 1 aliphatic carbocycles. The van der Waals surface area contributed by atoms with Crippen molar-refractivity contribution in [2.45, 2.75) is 51.3 Å². The van der Waals surface area contributed by atoms with Gasteiger partial charge >= 0.3 is 12.1 Å². The molecule has 1 N–H and O–H groups in total. The second-order valence-corrected chi connectivity index (χ2v) is 7.03. The molecule has 1 atom stereocenters. The Morgan fingerprint density at radius 1 is 1.26 bits per heavy atom. The van der Waals surface area contributed by atoms with Gasteiger partial charge in [-0.25, -0.2) is 4.98 Å². The lowest BCUT2D eigenvalue weighted by Crippen LogP contribution is -2.31. The molecule has 1 heterocycles.